The fourth-order valence-electron chi connectivity index (χ4n) is 5.74. The number of aliphatic hydroxyl groups excluding tert-OH is 1. The topological polar surface area (TPSA) is 140 Å². The molecule has 0 radical (unpaired) electrons. The van der Waals surface area contributed by atoms with Crippen LogP contribution in [0.3, 0.4) is 0 Å². The molecule has 234 valence electrons. The molecule has 1 aliphatic carbocycles. The molecule has 2 rings (SSSR count). The molecule has 41 heavy (non-hydrogen) atoms. The van der Waals surface area contributed by atoms with E-state index in [1.165, 1.54) is 0 Å². The number of aliphatic carboxylic acids is 1. The fraction of sp³-hybridized carbons (Fsp3) is 0.750. The lowest BCUT2D eigenvalue weighted by molar-refractivity contribution is -0.150. The Labute approximate surface area is 246 Å². The summed E-state index contributed by atoms with van der Waals surface area (Å²) < 4.78 is 16.5. The Kier molecular flexibility index (Phi) is 14.4. The van der Waals surface area contributed by atoms with E-state index < -0.39 is 29.6 Å². The molecule has 1 fully saturated rings. The third-order valence-electron chi connectivity index (χ3n) is 8.60. The number of amides is 1. The van der Waals surface area contributed by atoms with Crippen molar-refractivity contribution in [3.63, 3.8) is 0 Å². The van der Waals surface area contributed by atoms with Gasteiger partial charge in [0.2, 0.25) is 5.91 Å². The molecule has 0 spiro atoms. The van der Waals surface area contributed by atoms with E-state index in [9.17, 15) is 19.8 Å². The van der Waals surface area contributed by atoms with Gasteiger partial charge in [-0.3, -0.25) is 4.79 Å². The van der Waals surface area contributed by atoms with E-state index in [0.717, 1.165) is 37.7 Å². The highest BCUT2D eigenvalue weighted by Crippen LogP contribution is 2.33. The maximum absolute atomic E-state index is 13.3. The Bertz CT molecular complexity index is 946. The van der Waals surface area contributed by atoms with Crippen molar-refractivity contribution in [2.24, 2.45) is 29.4 Å². The first kappa shape index (κ1) is 34.8. The Morgan fingerprint density at radius 2 is 1.68 bits per heavy atom. The minimum atomic E-state index is -1.22. The molecule has 1 aliphatic rings. The van der Waals surface area contributed by atoms with Gasteiger partial charge in [-0.25, -0.2) is 4.79 Å². The van der Waals surface area contributed by atoms with E-state index in [-0.39, 0.29) is 24.2 Å². The summed E-state index contributed by atoms with van der Waals surface area (Å²) in [6, 6.07) is 5.42. The van der Waals surface area contributed by atoms with E-state index >= 15 is 0 Å². The summed E-state index contributed by atoms with van der Waals surface area (Å²) in [5, 5.41) is 23.9. The van der Waals surface area contributed by atoms with Crippen molar-refractivity contribution in [3.05, 3.63) is 23.8 Å². The number of hydrogen-bond acceptors (Lipinski definition) is 7. The Hall–Kier alpha value is -2.36. The lowest BCUT2D eigenvalue weighted by Crippen LogP contribution is -2.57. The van der Waals surface area contributed by atoms with Crippen LogP contribution in [0.5, 0.6) is 11.5 Å². The summed E-state index contributed by atoms with van der Waals surface area (Å²) in [5.74, 6) is -0.0315. The highest BCUT2D eigenvalue weighted by molar-refractivity contribution is 5.88. The number of carboxylic acids is 1. The zero-order valence-electron chi connectivity index (χ0n) is 26.0. The number of methoxy groups -OCH3 is 2. The molecule has 9 nitrogen and oxygen atoms in total. The molecule has 0 aromatic heterocycles. The summed E-state index contributed by atoms with van der Waals surface area (Å²) in [6.45, 7) is 9.29. The molecule has 9 heteroatoms. The van der Waals surface area contributed by atoms with Crippen molar-refractivity contribution in [2.45, 2.75) is 103 Å². The zero-order valence-corrected chi connectivity index (χ0v) is 26.0. The summed E-state index contributed by atoms with van der Waals surface area (Å²) >= 11 is 0. The molecule has 5 N–H and O–H groups in total. The normalized spacial score (nSPS) is 18.0. The summed E-state index contributed by atoms with van der Waals surface area (Å²) in [4.78, 5) is 25.4. The number of ether oxygens (including phenoxy) is 3. The van der Waals surface area contributed by atoms with Crippen LogP contribution in [0.2, 0.25) is 0 Å². The largest absolute Gasteiger partial charge is 0.493 e. The molecule has 0 bridgehead atoms. The van der Waals surface area contributed by atoms with Gasteiger partial charge < -0.3 is 35.5 Å². The smallest absolute Gasteiger partial charge is 0.329 e. The van der Waals surface area contributed by atoms with Crippen molar-refractivity contribution in [3.8, 4) is 11.5 Å². The van der Waals surface area contributed by atoms with Gasteiger partial charge in [-0.2, -0.15) is 0 Å². The first-order valence-corrected chi connectivity index (χ1v) is 15.2. The predicted octanol–water partition coefficient (Wildman–Crippen LogP) is 4.57. The average molecular weight is 579 g/mol. The number of aliphatic hydroxyl groups is 1. The lowest BCUT2D eigenvalue weighted by atomic mass is 9.79. The Morgan fingerprint density at radius 1 is 1.00 bits per heavy atom. The SMILES string of the molecule is COCCCOc1cc(C[C@@H](C[C@H](N)[C@@H](O)C[C@H](C(=O)NC2(C(=O)O)CCCCC2)C(C)C)C(C)C)ccc1OC. The number of carbonyl (C=O) groups is 2. The number of rotatable bonds is 18. The third-order valence-corrected chi connectivity index (χ3v) is 8.60. The molecule has 4 atom stereocenters. The quantitative estimate of drug-likeness (QED) is 0.186. The minimum absolute atomic E-state index is 0.0752. The van der Waals surface area contributed by atoms with Crippen LogP contribution in [0.1, 0.15) is 84.6 Å². The second-order valence-electron chi connectivity index (χ2n) is 12.4. The molecule has 1 saturated carbocycles. The molecule has 1 amide bonds. The van der Waals surface area contributed by atoms with Crippen molar-refractivity contribution in [1.29, 1.82) is 0 Å². The summed E-state index contributed by atoms with van der Waals surface area (Å²) in [6.07, 6.45) is 4.80. The van der Waals surface area contributed by atoms with Gasteiger partial charge in [0.15, 0.2) is 11.5 Å². The predicted molar refractivity (Wildman–Crippen MR) is 160 cm³/mol. The third kappa shape index (κ3) is 10.5. The monoisotopic (exact) mass is 578 g/mol. The van der Waals surface area contributed by atoms with Gasteiger partial charge in [-0.15, -0.1) is 0 Å². The Balaban J connectivity index is 2.07. The molecule has 0 saturated heterocycles. The number of nitrogens with two attached hydrogens (primary N) is 1. The molecular formula is C32H54N2O7. The second-order valence-corrected chi connectivity index (χ2v) is 12.4. The van der Waals surface area contributed by atoms with Crippen LogP contribution in [0, 0.1) is 23.7 Å². The van der Waals surface area contributed by atoms with Crippen LogP contribution >= 0.6 is 0 Å². The highest BCUT2D eigenvalue weighted by atomic mass is 16.5. The van der Waals surface area contributed by atoms with Gasteiger partial charge >= 0.3 is 5.97 Å². The van der Waals surface area contributed by atoms with Gasteiger partial charge in [0.1, 0.15) is 5.54 Å². The molecule has 1 aromatic rings. The number of benzene rings is 1. The fourth-order valence-corrected chi connectivity index (χ4v) is 5.74. The number of carboxylic acid groups (broad SMARTS) is 1. The van der Waals surface area contributed by atoms with Crippen LogP contribution in [-0.4, -0.2) is 67.2 Å². The van der Waals surface area contributed by atoms with Crippen LogP contribution in [-0.2, 0) is 20.7 Å². The highest BCUT2D eigenvalue weighted by Gasteiger charge is 2.43. The second kappa shape index (κ2) is 16.9. The number of hydrogen-bond donors (Lipinski definition) is 4. The number of nitrogens with one attached hydrogen (secondary N) is 1. The maximum atomic E-state index is 13.3. The van der Waals surface area contributed by atoms with Crippen LogP contribution < -0.4 is 20.5 Å². The van der Waals surface area contributed by atoms with E-state index in [1.54, 1.807) is 14.2 Å². The van der Waals surface area contributed by atoms with Gasteiger partial charge in [-0.05, 0) is 67.6 Å². The maximum Gasteiger partial charge on any atom is 0.329 e. The first-order chi connectivity index (χ1) is 19.4. The Morgan fingerprint density at radius 3 is 2.24 bits per heavy atom. The average Bonchev–Trinajstić information content (AvgIpc) is 2.93. The van der Waals surface area contributed by atoms with E-state index in [1.807, 2.05) is 32.0 Å². The van der Waals surface area contributed by atoms with E-state index in [0.29, 0.717) is 49.9 Å². The molecular weight excluding hydrogens is 524 g/mol. The van der Waals surface area contributed by atoms with Crippen molar-refractivity contribution in [1.82, 2.24) is 5.32 Å². The molecule has 0 heterocycles. The van der Waals surface area contributed by atoms with Gasteiger partial charge in [0.25, 0.3) is 0 Å². The van der Waals surface area contributed by atoms with Crippen molar-refractivity contribution < 1.29 is 34.0 Å². The van der Waals surface area contributed by atoms with E-state index in [4.69, 9.17) is 19.9 Å². The molecule has 0 unspecified atom stereocenters. The van der Waals surface area contributed by atoms with Gasteiger partial charge in [0.05, 0.1) is 19.8 Å². The molecule has 0 aliphatic heterocycles. The molecule has 1 aromatic carbocycles. The number of carbonyl (C=O) groups excluding carboxylic acids is 1. The summed E-state index contributed by atoms with van der Waals surface area (Å²) in [5.41, 5.74) is 6.43. The van der Waals surface area contributed by atoms with Gasteiger partial charge in [0, 0.05) is 32.1 Å². The minimum Gasteiger partial charge on any atom is -0.493 e. The summed E-state index contributed by atoms with van der Waals surface area (Å²) in [7, 11) is 3.29. The van der Waals surface area contributed by atoms with Crippen molar-refractivity contribution >= 4 is 11.9 Å². The van der Waals surface area contributed by atoms with Crippen LogP contribution in [0.15, 0.2) is 18.2 Å². The first-order valence-electron chi connectivity index (χ1n) is 15.2. The van der Waals surface area contributed by atoms with Gasteiger partial charge in [-0.1, -0.05) is 53.0 Å². The lowest BCUT2D eigenvalue weighted by Gasteiger charge is -2.36. The van der Waals surface area contributed by atoms with Crippen LogP contribution in [0.4, 0.5) is 0 Å². The zero-order chi connectivity index (χ0) is 30.6. The van der Waals surface area contributed by atoms with E-state index in [2.05, 4.69) is 19.2 Å². The standard InChI is InChI=1S/C32H54N2O7/c1-21(2)24(17-23-11-12-28(40-6)29(18-23)41-16-10-15-39-5)19-26(33)27(35)20-25(22(3)4)30(36)34-32(31(37)38)13-8-7-9-14-32/h11-12,18,21-22,24-27,35H,7-10,13-17,19-20,33H2,1-6H3,(H,34,36)(H,37,38)/t24-,25-,26-,27-/m0/s1. The van der Waals surface area contributed by atoms with Crippen molar-refractivity contribution in [2.75, 3.05) is 27.4 Å². The van der Waals surface area contributed by atoms with Crippen LogP contribution in [0.25, 0.3) is 0 Å².